The predicted molar refractivity (Wildman–Crippen MR) is 76.1 cm³/mol. The van der Waals surface area contributed by atoms with Gasteiger partial charge in [-0.05, 0) is 61.4 Å². The maximum absolute atomic E-state index is 12.1. The van der Waals surface area contributed by atoms with Gasteiger partial charge in [0.2, 0.25) is 0 Å². The molecule has 0 aromatic carbocycles. The fraction of sp³-hybridized carbons (Fsp3) is 0.857. The number of carbonyl (C=O) groups is 2. The molecule has 0 saturated heterocycles. The lowest BCUT2D eigenvalue weighted by Crippen LogP contribution is -2.41. The van der Waals surface area contributed by atoms with Gasteiger partial charge in [-0.15, -0.1) is 0 Å². The monoisotopic (exact) mass is 272 g/mol. The fourth-order valence-corrected chi connectivity index (χ4v) is 1.60. The summed E-state index contributed by atoms with van der Waals surface area (Å²) >= 11 is 0. The first kappa shape index (κ1) is 18.1. The summed E-state index contributed by atoms with van der Waals surface area (Å²) in [5.74, 6) is -0.542. The van der Waals surface area contributed by atoms with Gasteiger partial charge in [-0.1, -0.05) is 0 Å². The van der Waals surface area contributed by atoms with E-state index in [0.717, 1.165) is 19.5 Å². The van der Waals surface area contributed by atoms with Crippen LogP contribution in [0.15, 0.2) is 0 Å². The zero-order valence-corrected chi connectivity index (χ0v) is 13.2. The molecule has 5 nitrogen and oxygen atoms in total. The molecule has 0 aliphatic rings. The van der Waals surface area contributed by atoms with Crippen molar-refractivity contribution < 1.29 is 14.3 Å². The van der Waals surface area contributed by atoms with E-state index < -0.39 is 11.4 Å². The maximum Gasteiger partial charge on any atom is 0.319 e. The van der Waals surface area contributed by atoms with Crippen molar-refractivity contribution >= 4 is 11.8 Å². The van der Waals surface area contributed by atoms with Crippen molar-refractivity contribution in [1.29, 1.82) is 0 Å². The molecule has 0 atom stereocenters. The van der Waals surface area contributed by atoms with Crippen molar-refractivity contribution in [2.45, 2.75) is 27.2 Å². The minimum absolute atomic E-state index is 0.0988. The SMILES string of the molecule is CCOC(=O)C(C)(C)C(=O)CN(C)CCCN(C)C. The van der Waals surface area contributed by atoms with Crippen LogP contribution in [-0.2, 0) is 14.3 Å². The Morgan fingerprint density at radius 3 is 2.16 bits per heavy atom. The van der Waals surface area contributed by atoms with E-state index in [4.69, 9.17) is 4.74 Å². The Morgan fingerprint density at radius 1 is 1.11 bits per heavy atom. The Kier molecular flexibility index (Phi) is 7.87. The molecule has 19 heavy (non-hydrogen) atoms. The van der Waals surface area contributed by atoms with Crippen molar-refractivity contribution in [3.8, 4) is 0 Å². The highest BCUT2D eigenvalue weighted by Gasteiger charge is 2.37. The second-order valence-electron chi connectivity index (χ2n) is 5.66. The molecule has 0 heterocycles. The zero-order chi connectivity index (χ0) is 15.1. The number of nitrogens with zero attached hydrogens (tertiary/aromatic N) is 2. The normalized spacial score (nSPS) is 12.0. The lowest BCUT2D eigenvalue weighted by Gasteiger charge is -2.24. The summed E-state index contributed by atoms with van der Waals surface area (Å²) in [5.41, 5.74) is -1.06. The molecule has 112 valence electrons. The second kappa shape index (κ2) is 8.27. The van der Waals surface area contributed by atoms with E-state index in [0.29, 0.717) is 6.61 Å². The third-order valence-electron chi connectivity index (χ3n) is 3.04. The molecular formula is C14H28N2O3. The number of hydrogen-bond acceptors (Lipinski definition) is 5. The molecule has 0 aliphatic heterocycles. The smallest absolute Gasteiger partial charge is 0.319 e. The van der Waals surface area contributed by atoms with E-state index in [1.807, 2.05) is 26.0 Å². The van der Waals surface area contributed by atoms with E-state index in [9.17, 15) is 9.59 Å². The highest BCUT2D eigenvalue weighted by molar-refractivity contribution is 6.03. The van der Waals surface area contributed by atoms with Gasteiger partial charge in [0.25, 0.3) is 0 Å². The zero-order valence-electron chi connectivity index (χ0n) is 13.2. The van der Waals surface area contributed by atoms with Crippen molar-refractivity contribution in [2.24, 2.45) is 5.41 Å². The summed E-state index contributed by atoms with van der Waals surface area (Å²) in [6.07, 6.45) is 0.997. The van der Waals surface area contributed by atoms with Gasteiger partial charge < -0.3 is 9.64 Å². The number of ketones is 1. The van der Waals surface area contributed by atoms with Gasteiger partial charge in [0, 0.05) is 0 Å². The first-order valence-electron chi connectivity index (χ1n) is 6.75. The van der Waals surface area contributed by atoms with Crippen LogP contribution in [0.2, 0.25) is 0 Å². The molecular weight excluding hydrogens is 244 g/mol. The number of rotatable bonds is 9. The fourth-order valence-electron chi connectivity index (χ4n) is 1.60. The van der Waals surface area contributed by atoms with Crippen molar-refractivity contribution in [3.05, 3.63) is 0 Å². The van der Waals surface area contributed by atoms with E-state index >= 15 is 0 Å². The molecule has 0 aliphatic carbocycles. The molecule has 5 heteroatoms. The number of likely N-dealkylation sites (N-methyl/N-ethyl adjacent to an activating group) is 1. The molecule has 0 saturated carbocycles. The average molecular weight is 272 g/mol. The summed E-state index contributed by atoms with van der Waals surface area (Å²) in [6.45, 7) is 7.39. The molecule has 0 aromatic rings. The third kappa shape index (κ3) is 6.68. The van der Waals surface area contributed by atoms with Gasteiger partial charge in [0.05, 0.1) is 13.2 Å². The first-order chi connectivity index (χ1) is 8.71. The summed E-state index contributed by atoms with van der Waals surface area (Å²) in [4.78, 5) is 27.9. The van der Waals surface area contributed by atoms with Gasteiger partial charge in [0.15, 0.2) is 5.78 Å². The van der Waals surface area contributed by atoms with Gasteiger partial charge in [-0.3, -0.25) is 14.5 Å². The Bertz CT molecular complexity index is 301. The van der Waals surface area contributed by atoms with Crippen LogP contribution in [-0.4, -0.2) is 68.9 Å². The molecule has 0 N–H and O–H groups in total. The highest BCUT2D eigenvalue weighted by atomic mass is 16.5. The van der Waals surface area contributed by atoms with E-state index in [2.05, 4.69) is 4.90 Å². The maximum atomic E-state index is 12.1. The summed E-state index contributed by atoms with van der Waals surface area (Å²) in [5, 5.41) is 0. The van der Waals surface area contributed by atoms with Crippen LogP contribution in [0, 0.1) is 5.41 Å². The number of hydrogen-bond donors (Lipinski definition) is 0. The van der Waals surface area contributed by atoms with Gasteiger partial charge in [-0.25, -0.2) is 0 Å². The van der Waals surface area contributed by atoms with Crippen LogP contribution in [0.3, 0.4) is 0 Å². The predicted octanol–water partition coefficient (Wildman–Crippen LogP) is 1.03. The molecule has 0 fully saturated rings. The highest BCUT2D eigenvalue weighted by Crippen LogP contribution is 2.19. The Balaban J connectivity index is 4.23. The molecule has 0 spiro atoms. The molecule has 0 rings (SSSR count). The van der Waals surface area contributed by atoms with Gasteiger partial charge >= 0.3 is 5.97 Å². The van der Waals surface area contributed by atoms with Crippen LogP contribution < -0.4 is 0 Å². The van der Waals surface area contributed by atoms with Crippen molar-refractivity contribution in [2.75, 3.05) is 47.4 Å². The second-order valence-corrected chi connectivity index (χ2v) is 5.66. The number of esters is 1. The first-order valence-corrected chi connectivity index (χ1v) is 6.75. The van der Waals surface area contributed by atoms with Crippen LogP contribution in [0.5, 0.6) is 0 Å². The lowest BCUT2D eigenvalue weighted by molar-refractivity contribution is -0.158. The van der Waals surface area contributed by atoms with Crippen molar-refractivity contribution in [3.63, 3.8) is 0 Å². The number of carbonyl (C=O) groups excluding carboxylic acids is 2. The Hall–Kier alpha value is -0.940. The Labute approximate surface area is 116 Å². The molecule has 0 unspecified atom stereocenters. The largest absolute Gasteiger partial charge is 0.465 e. The van der Waals surface area contributed by atoms with Crippen LogP contribution in [0.4, 0.5) is 0 Å². The topological polar surface area (TPSA) is 49.9 Å². The minimum atomic E-state index is -1.06. The standard InChI is InChI=1S/C14H28N2O3/c1-7-19-13(18)14(2,3)12(17)11-16(6)10-8-9-15(4)5/h7-11H2,1-6H3. The molecule has 0 bridgehead atoms. The van der Waals surface area contributed by atoms with E-state index in [-0.39, 0.29) is 12.3 Å². The lowest BCUT2D eigenvalue weighted by atomic mass is 9.88. The minimum Gasteiger partial charge on any atom is -0.465 e. The van der Waals surface area contributed by atoms with Gasteiger partial charge in [0.1, 0.15) is 5.41 Å². The average Bonchev–Trinajstić information content (AvgIpc) is 2.28. The summed E-state index contributed by atoms with van der Waals surface area (Å²) in [6, 6.07) is 0. The quantitative estimate of drug-likeness (QED) is 0.463. The van der Waals surface area contributed by atoms with Crippen LogP contribution in [0.1, 0.15) is 27.2 Å². The molecule has 0 radical (unpaired) electrons. The van der Waals surface area contributed by atoms with E-state index in [1.54, 1.807) is 20.8 Å². The third-order valence-corrected chi connectivity index (χ3v) is 3.04. The van der Waals surface area contributed by atoms with Gasteiger partial charge in [-0.2, -0.15) is 0 Å². The van der Waals surface area contributed by atoms with E-state index in [1.165, 1.54) is 0 Å². The Morgan fingerprint density at radius 2 is 1.68 bits per heavy atom. The summed E-state index contributed by atoms with van der Waals surface area (Å²) < 4.78 is 4.94. The molecule has 0 aromatic heterocycles. The number of ether oxygens (including phenoxy) is 1. The van der Waals surface area contributed by atoms with Crippen LogP contribution in [0.25, 0.3) is 0 Å². The van der Waals surface area contributed by atoms with Crippen LogP contribution >= 0.6 is 0 Å². The number of Topliss-reactive ketones (excluding diaryl/α,β-unsaturated/α-hetero) is 1. The summed E-state index contributed by atoms with van der Waals surface area (Å²) in [7, 11) is 5.94. The van der Waals surface area contributed by atoms with Crippen molar-refractivity contribution in [1.82, 2.24) is 9.80 Å². The molecule has 0 amide bonds.